The predicted molar refractivity (Wildman–Crippen MR) is 71.7 cm³/mol. The lowest BCUT2D eigenvalue weighted by molar-refractivity contribution is -0.0254. The summed E-state index contributed by atoms with van der Waals surface area (Å²) in [7, 11) is 2.10. The molecule has 0 aromatic carbocycles. The fourth-order valence-electron chi connectivity index (χ4n) is 2.01. The van der Waals surface area contributed by atoms with Gasteiger partial charge in [0, 0.05) is 31.4 Å². The van der Waals surface area contributed by atoms with Crippen LogP contribution in [0.1, 0.15) is 31.0 Å². The lowest BCUT2D eigenvalue weighted by Gasteiger charge is -2.29. The molecule has 1 saturated heterocycles. The molecule has 5 heteroatoms. The van der Waals surface area contributed by atoms with Crippen molar-refractivity contribution in [2.24, 2.45) is 0 Å². The molecule has 2 rings (SSSR count). The van der Waals surface area contributed by atoms with Crippen LogP contribution in [0.15, 0.2) is 6.07 Å². The number of likely N-dealkylation sites (N-methyl/N-ethyl adjacent to an activating group) is 1. The highest BCUT2D eigenvalue weighted by atomic mass is 16.5. The van der Waals surface area contributed by atoms with Crippen molar-refractivity contribution in [2.75, 3.05) is 38.6 Å². The first-order valence-electron chi connectivity index (χ1n) is 6.58. The smallest absolute Gasteiger partial charge is 0.161 e. The fourth-order valence-corrected chi connectivity index (χ4v) is 2.01. The number of hydrogen-bond donors (Lipinski definition) is 1. The van der Waals surface area contributed by atoms with Gasteiger partial charge in [-0.15, -0.1) is 0 Å². The predicted octanol–water partition coefficient (Wildman–Crippen LogP) is 1.61. The van der Waals surface area contributed by atoms with E-state index in [1.807, 2.05) is 13.0 Å². The summed E-state index contributed by atoms with van der Waals surface area (Å²) in [6.07, 6.45) is 1.08. The highest BCUT2D eigenvalue weighted by molar-refractivity contribution is 5.36. The molecule has 2 heterocycles. The van der Waals surface area contributed by atoms with E-state index < -0.39 is 0 Å². The Kier molecular flexibility index (Phi) is 4.49. The summed E-state index contributed by atoms with van der Waals surface area (Å²) < 4.78 is 5.75. The Labute approximate surface area is 109 Å². The van der Waals surface area contributed by atoms with Crippen LogP contribution in [0.4, 0.5) is 5.82 Å². The Morgan fingerprint density at radius 3 is 3.06 bits per heavy atom. The van der Waals surface area contributed by atoms with Crippen LogP contribution in [0, 0.1) is 6.92 Å². The van der Waals surface area contributed by atoms with Crippen molar-refractivity contribution in [3.63, 3.8) is 0 Å². The third-order valence-electron chi connectivity index (χ3n) is 2.99. The molecule has 0 spiro atoms. The van der Waals surface area contributed by atoms with E-state index in [0.717, 1.165) is 50.0 Å². The van der Waals surface area contributed by atoms with Gasteiger partial charge in [-0.05, 0) is 20.4 Å². The fraction of sp³-hybridized carbons (Fsp3) is 0.692. The van der Waals surface area contributed by atoms with Crippen LogP contribution in [0.2, 0.25) is 0 Å². The summed E-state index contributed by atoms with van der Waals surface area (Å²) >= 11 is 0. The summed E-state index contributed by atoms with van der Waals surface area (Å²) in [6.45, 7) is 7.65. The van der Waals surface area contributed by atoms with Crippen molar-refractivity contribution < 1.29 is 4.74 Å². The van der Waals surface area contributed by atoms with Crippen molar-refractivity contribution in [3.8, 4) is 0 Å². The van der Waals surface area contributed by atoms with E-state index in [4.69, 9.17) is 4.74 Å². The minimum atomic E-state index is -0.00849. The van der Waals surface area contributed by atoms with Crippen LogP contribution < -0.4 is 5.32 Å². The quantitative estimate of drug-likeness (QED) is 0.880. The van der Waals surface area contributed by atoms with E-state index in [-0.39, 0.29) is 6.10 Å². The molecule has 1 atom stereocenters. The second kappa shape index (κ2) is 6.11. The molecule has 0 radical (unpaired) electrons. The summed E-state index contributed by atoms with van der Waals surface area (Å²) in [4.78, 5) is 11.3. The number of rotatable bonds is 4. The molecule has 1 unspecified atom stereocenters. The molecular formula is C13H22N4O. The number of morpholine rings is 1. The molecule has 1 N–H and O–H groups in total. The normalized spacial score (nSPS) is 20.9. The third kappa shape index (κ3) is 3.40. The van der Waals surface area contributed by atoms with Gasteiger partial charge in [-0.25, -0.2) is 9.97 Å². The Morgan fingerprint density at radius 1 is 1.50 bits per heavy atom. The highest BCUT2D eigenvalue weighted by Crippen LogP contribution is 2.20. The number of aryl methyl sites for hydroxylation is 1. The van der Waals surface area contributed by atoms with Crippen molar-refractivity contribution in [1.82, 2.24) is 14.9 Å². The summed E-state index contributed by atoms with van der Waals surface area (Å²) in [5, 5.41) is 3.31. The molecule has 18 heavy (non-hydrogen) atoms. The zero-order chi connectivity index (χ0) is 13.0. The van der Waals surface area contributed by atoms with Crippen LogP contribution in [-0.2, 0) is 4.74 Å². The second-order valence-corrected chi connectivity index (χ2v) is 4.80. The molecule has 100 valence electrons. The maximum Gasteiger partial charge on any atom is 0.161 e. The molecule has 1 aliphatic rings. The van der Waals surface area contributed by atoms with Gasteiger partial charge >= 0.3 is 0 Å². The maximum absolute atomic E-state index is 5.75. The number of anilines is 1. The molecular weight excluding hydrogens is 228 g/mol. The number of aromatic nitrogens is 2. The van der Waals surface area contributed by atoms with Gasteiger partial charge in [0.15, 0.2) is 5.82 Å². The first kappa shape index (κ1) is 13.2. The number of hydrogen-bond acceptors (Lipinski definition) is 5. The van der Waals surface area contributed by atoms with E-state index >= 15 is 0 Å². The zero-order valence-corrected chi connectivity index (χ0v) is 11.4. The first-order chi connectivity index (χ1) is 8.69. The van der Waals surface area contributed by atoms with E-state index in [0.29, 0.717) is 0 Å². The van der Waals surface area contributed by atoms with E-state index in [1.165, 1.54) is 0 Å². The molecule has 1 aromatic heterocycles. The van der Waals surface area contributed by atoms with Crippen molar-refractivity contribution in [2.45, 2.75) is 26.4 Å². The minimum absolute atomic E-state index is 0.00849. The SMILES string of the molecule is CCCNc1cc(C)nc(C2CN(C)CCO2)n1. The molecule has 0 aliphatic carbocycles. The van der Waals surface area contributed by atoms with Gasteiger partial charge in [0.1, 0.15) is 11.9 Å². The highest BCUT2D eigenvalue weighted by Gasteiger charge is 2.22. The summed E-state index contributed by atoms with van der Waals surface area (Å²) in [5.74, 6) is 1.69. The largest absolute Gasteiger partial charge is 0.370 e. The molecule has 5 nitrogen and oxygen atoms in total. The van der Waals surface area contributed by atoms with Gasteiger partial charge in [-0.3, -0.25) is 0 Å². The lowest BCUT2D eigenvalue weighted by Crippen LogP contribution is -2.36. The Hall–Kier alpha value is -1.20. The second-order valence-electron chi connectivity index (χ2n) is 4.80. The average Bonchev–Trinajstić information content (AvgIpc) is 2.36. The Morgan fingerprint density at radius 2 is 2.33 bits per heavy atom. The molecule has 0 amide bonds. The van der Waals surface area contributed by atoms with Gasteiger partial charge in [0.05, 0.1) is 6.61 Å². The van der Waals surface area contributed by atoms with Crippen molar-refractivity contribution in [1.29, 1.82) is 0 Å². The van der Waals surface area contributed by atoms with Crippen molar-refractivity contribution in [3.05, 3.63) is 17.6 Å². The van der Waals surface area contributed by atoms with Crippen LogP contribution >= 0.6 is 0 Å². The minimum Gasteiger partial charge on any atom is -0.370 e. The number of nitrogens with one attached hydrogen (secondary N) is 1. The average molecular weight is 250 g/mol. The lowest BCUT2D eigenvalue weighted by atomic mass is 10.2. The molecule has 1 aliphatic heterocycles. The van der Waals surface area contributed by atoms with Gasteiger partial charge in [-0.2, -0.15) is 0 Å². The number of ether oxygens (including phenoxy) is 1. The van der Waals surface area contributed by atoms with Gasteiger partial charge in [0.2, 0.25) is 0 Å². The molecule has 1 aromatic rings. The van der Waals surface area contributed by atoms with Crippen LogP contribution in [0.25, 0.3) is 0 Å². The first-order valence-corrected chi connectivity index (χ1v) is 6.58. The third-order valence-corrected chi connectivity index (χ3v) is 2.99. The van der Waals surface area contributed by atoms with E-state index in [2.05, 4.69) is 34.2 Å². The summed E-state index contributed by atoms with van der Waals surface area (Å²) in [5.41, 5.74) is 0.982. The van der Waals surface area contributed by atoms with Crippen LogP contribution in [0.3, 0.4) is 0 Å². The van der Waals surface area contributed by atoms with Crippen molar-refractivity contribution >= 4 is 5.82 Å². The van der Waals surface area contributed by atoms with Gasteiger partial charge in [-0.1, -0.05) is 6.92 Å². The topological polar surface area (TPSA) is 50.3 Å². The van der Waals surface area contributed by atoms with E-state index in [1.54, 1.807) is 0 Å². The summed E-state index contributed by atoms with van der Waals surface area (Å²) in [6, 6.07) is 1.98. The zero-order valence-electron chi connectivity index (χ0n) is 11.4. The number of nitrogens with zero attached hydrogens (tertiary/aromatic N) is 3. The van der Waals surface area contributed by atoms with Gasteiger partial charge < -0.3 is 15.0 Å². The molecule has 1 fully saturated rings. The molecule has 0 saturated carbocycles. The monoisotopic (exact) mass is 250 g/mol. The van der Waals surface area contributed by atoms with Gasteiger partial charge in [0.25, 0.3) is 0 Å². The Balaban J connectivity index is 2.13. The van der Waals surface area contributed by atoms with Crippen LogP contribution in [0.5, 0.6) is 0 Å². The van der Waals surface area contributed by atoms with Crippen LogP contribution in [-0.4, -0.2) is 48.2 Å². The van der Waals surface area contributed by atoms with E-state index in [9.17, 15) is 0 Å². The maximum atomic E-state index is 5.75. The molecule has 0 bridgehead atoms. The standard InChI is InChI=1S/C13H22N4O/c1-4-5-14-12-8-10(2)15-13(16-12)11-9-17(3)6-7-18-11/h8,11H,4-7,9H2,1-3H3,(H,14,15,16). The Bertz CT molecular complexity index is 397.